The molecule has 0 unspecified atom stereocenters. The molecule has 3 aromatic rings. The number of nitrogens with one attached hydrogen (secondary N) is 1. The van der Waals surface area contributed by atoms with Crippen molar-refractivity contribution < 1.29 is 13.9 Å². The Hall–Kier alpha value is -2.79. The summed E-state index contributed by atoms with van der Waals surface area (Å²) in [5, 5.41) is 3.94. The van der Waals surface area contributed by atoms with Crippen LogP contribution < -0.4 is 10.1 Å². The van der Waals surface area contributed by atoms with Gasteiger partial charge in [-0.3, -0.25) is 9.69 Å². The molecule has 1 aliphatic heterocycles. The van der Waals surface area contributed by atoms with Crippen molar-refractivity contribution in [1.29, 1.82) is 0 Å². The maximum atomic E-state index is 12.6. The van der Waals surface area contributed by atoms with Gasteiger partial charge in [0.1, 0.15) is 0 Å². The average molecular weight is 392 g/mol. The highest BCUT2D eigenvalue weighted by molar-refractivity contribution is 5.98. The van der Waals surface area contributed by atoms with Gasteiger partial charge in [-0.05, 0) is 62.0 Å². The van der Waals surface area contributed by atoms with Crippen LogP contribution in [0.25, 0.3) is 11.0 Å². The molecule has 2 aromatic carbocycles. The van der Waals surface area contributed by atoms with E-state index in [1.54, 1.807) is 7.11 Å². The van der Waals surface area contributed by atoms with Crippen molar-refractivity contribution in [3.05, 3.63) is 65.4 Å². The number of nitrogens with zero attached hydrogens (tertiary/aromatic N) is 1. The van der Waals surface area contributed by atoms with Gasteiger partial charge in [-0.15, -0.1) is 0 Å². The molecule has 1 aromatic heterocycles. The normalized spacial score (nSPS) is 14.4. The van der Waals surface area contributed by atoms with Crippen LogP contribution in [0.1, 0.15) is 40.9 Å². The first-order valence-electron chi connectivity index (χ1n) is 10.4. The second-order valence-corrected chi connectivity index (χ2v) is 7.61. The Morgan fingerprint density at radius 3 is 2.69 bits per heavy atom. The number of ether oxygens (including phenoxy) is 1. The number of furan rings is 1. The fourth-order valence-corrected chi connectivity index (χ4v) is 3.97. The van der Waals surface area contributed by atoms with E-state index in [-0.39, 0.29) is 5.91 Å². The van der Waals surface area contributed by atoms with Crippen molar-refractivity contribution >= 4 is 16.9 Å². The summed E-state index contributed by atoms with van der Waals surface area (Å²) in [6, 6.07) is 16.2. The van der Waals surface area contributed by atoms with Gasteiger partial charge in [-0.25, -0.2) is 0 Å². The van der Waals surface area contributed by atoms with Gasteiger partial charge in [0.2, 0.25) is 0 Å². The second-order valence-electron chi connectivity index (χ2n) is 7.61. The Kier molecular flexibility index (Phi) is 6.15. The van der Waals surface area contributed by atoms with Gasteiger partial charge < -0.3 is 14.5 Å². The van der Waals surface area contributed by atoms with Crippen LogP contribution >= 0.6 is 0 Å². The van der Waals surface area contributed by atoms with E-state index in [0.29, 0.717) is 23.6 Å². The molecule has 0 atom stereocenters. The number of carbonyl (C=O) groups is 1. The summed E-state index contributed by atoms with van der Waals surface area (Å²) in [5.74, 6) is 0.823. The number of carbonyl (C=O) groups excluding carboxylic acids is 1. The van der Waals surface area contributed by atoms with Crippen LogP contribution in [0.2, 0.25) is 0 Å². The molecule has 2 heterocycles. The van der Waals surface area contributed by atoms with Gasteiger partial charge in [0.15, 0.2) is 17.1 Å². The maximum Gasteiger partial charge on any atom is 0.287 e. The summed E-state index contributed by atoms with van der Waals surface area (Å²) >= 11 is 0. The van der Waals surface area contributed by atoms with E-state index >= 15 is 0 Å². The van der Waals surface area contributed by atoms with Crippen LogP contribution in [0.15, 0.2) is 52.9 Å². The minimum atomic E-state index is -0.177. The molecule has 1 saturated heterocycles. The van der Waals surface area contributed by atoms with Crippen molar-refractivity contribution in [1.82, 2.24) is 10.2 Å². The Balaban J connectivity index is 1.44. The number of aryl methyl sites for hydroxylation is 1. The Labute approximate surface area is 171 Å². The molecule has 152 valence electrons. The lowest BCUT2D eigenvalue weighted by atomic mass is 10.1. The first-order chi connectivity index (χ1) is 14.2. The largest absolute Gasteiger partial charge is 0.493 e. The highest BCUT2D eigenvalue weighted by atomic mass is 16.5. The van der Waals surface area contributed by atoms with Gasteiger partial charge in [0.05, 0.1) is 7.11 Å². The number of methoxy groups -OCH3 is 1. The molecule has 1 aliphatic rings. The number of hydrogen-bond acceptors (Lipinski definition) is 4. The van der Waals surface area contributed by atoms with Gasteiger partial charge >= 0.3 is 0 Å². The molecule has 1 amide bonds. The predicted molar refractivity (Wildman–Crippen MR) is 114 cm³/mol. The standard InChI is InChI=1S/C24H28N2O3/c1-28-21-12-11-19(17-26-14-5-6-15-26)20-16-22(29-23(20)21)24(27)25-13-7-10-18-8-3-2-4-9-18/h2-4,8-9,11-12,16H,5-7,10,13-15,17H2,1H3,(H,25,27). The first kappa shape index (κ1) is 19.5. The van der Waals surface area contributed by atoms with Gasteiger partial charge in [0.25, 0.3) is 5.91 Å². The summed E-state index contributed by atoms with van der Waals surface area (Å²) in [6.45, 7) is 3.74. The molecular weight excluding hydrogens is 364 g/mol. The van der Waals surface area contributed by atoms with Crippen molar-refractivity contribution in [3.8, 4) is 5.75 Å². The van der Waals surface area contributed by atoms with Crippen LogP contribution in [-0.4, -0.2) is 37.6 Å². The van der Waals surface area contributed by atoms with E-state index in [0.717, 1.165) is 37.9 Å². The monoisotopic (exact) mass is 392 g/mol. The summed E-state index contributed by atoms with van der Waals surface area (Å²) in [7, 11) is 1.63. The number of fused-ring (bicyclic) bond motifs is 1. The van der Waals surface area contributed by atoms with Crippen LogP contribution in [0.3, 0.4) is 0 Å². The van der Waals surface area contributed by atoms with Crippen molar-refractivity contribution in [2.75, 3.05) is 26.7 Å². The predicted octanol–water partition coefficient (Wildman–Crippen LogP) is 4.40. The molecule has 0 saturated carbocycles. The quantitative estimate of drug-likeness (QED) is 0.577. The summed E-state index contributed by atoms with van der Waals surface area (Å²) in [4.78, 5) is 15.1. The van der Waals surface area contributed by atoms with Crippen LogP contribution in [0.5, 0.6) is 5.75 Å². The number of benzene rings is 2. The maximum absolute atomic E-state index is 12.6. The van der Waals surface area contributed by atoms with E-state index in [4.69, 9.17) is 9.15 Å². The highest BCUT2D eigenvalue weighted by Gasteiger charge is 2.19. The van der Waals surface area contributed by atoms with E-state index in [2.05, 4.69) is 28.4 Å². The van der Waals surface area contributed by atoms with Crippen LogP contribution in [0, 0.1) is 0 Å². The zero-order chi connectivity index (χ0) is 20.1. The molecule has 29 heavy (non-hydrogen) atoms. The molecule has 5 heteroatoms. The second kappa shape index (κ2) is 9.14. The number of likely N-dealkylation sites (tertiary alicyclic amines) is 1. The average Bonchev–Trinajstić information content (AvgIpc) is 3.42. The first-order valence-corrected chi connectivity index (χ1v) is 10.4. The third kappa shape index (κ3) is 4.62. The van der Waals surface area contributed by atoms with Gasteiger partial charge in [-0.2, -0.15) is 0 Å². The fourth-order valence-electron chi connectivity index (χ4n) is 3.97. The molecule has 0 radical (unpaired) electrons. The topological polar surface area (TPSA) is 54.7 Å². The van der Waals surface area contributed by atoms with Crippen LogP contribution in [-0.2, 0) is 13.0 Å². The zero-order valence-electron chi connectivity index (χ0n) is 16.9. The molecule has 0 spiro atoms. The Morgan fingerprint density at radius 2 is 1.93 bits per heavy atom. The van der Waals surface area contributed by atoms with Crippen molar-refractivity contribution in [2.24, 2.45) is 0 Å². The molecule has 1 fully saturated rings. The third-order valence-corrected chi connectivity index (χ3v) is 5.54. The highest BCUT2D eigenvalue weighted by Crippen LogP contribution is 2.32. The minimum absolute atomic E-state index is 0.177. The SMILES string of the molecule is COc1ccc(CN2CCCC2)c2cc(C(=O)NCCCc3ccccc3)oc12. The number of amides is 1. The summed E-state index contributed by atoms with van der Waals surface area (Å²) < 4.78 is 11.4. The van der Waals surface area contributed by atoms with Crippen molar-refractivity contribution in [2.45, 2.75) is 32.2 Å². The van der Waals surface area contributed by atoms with E-state index in [9.17, 15) is 4.79 Å². The lowest BCUT2D eigenvalue weighted by Gasteiger charge is -2.15. The van der Waals surface area contributed by atoms with Crippen LogP contribution in [0.4, 0.5) is 0 Å². The lowest BCUT2D eigenvalue weighted by Crippen LogP contribution is -2.24. The number of rotatable bonds is 8. The van der Waals surface area contributed by atoms with Crippen molar-refractivity contribution in [3.63, 3.8) is 0 Å². The van der Waals surface area contributed by atoms with E-state index < -0.39 is 0 Å². The minimum Gasteiger partial charge on any atom is -0.493 e. The smallest absolute Gasteiger partial charge is 0.287 e. The van der Waals surface area contributed by atoms with Gasteiger partial charge in [-0.1, -0.05) is 36.4 Å². The Bertz CT molecular complexity index is 959. The van der Waals surface area contributed by atoms with E-state index in [1.807, 2.05) is 30.3 Å². The molecule has 1 N–H and O–H groups in total. The fraction of sp³-hybridized carbons (Fsp3) is 0.375. The summed E-state index contributed by atoms with van der Waals surface area (Å²) in [5.41, 5.74) is 3.11. The van der Waals surface area contributed by atoms with Gasteiger partial charge in [0, 0.05) is 18.5 Å². The molecule has 0 aliphatic carbocycles. The molecule has 4 rings (SSSR count). The molecular formula is C24H28N2O3. The number of hydrogen-bond donors (Lipinski definition) is 1. The summed E-state index contributed by atoms with van der Waals surface area (Å²) in [6.07, 6.45) is 4.33. The van der Waals surface area contributed by atoms with E-state index in [1.165, 1.54) is 24.0 Å². The molecule has 5 nitrogen and oxygen atoms in total. The Morgan fingerprint density at radius 1 is 1.14 bits per heavy atom. The zero-order valence-corrected chi connectivity index (χ0v) is 16.9. The molecule has 0 bridgehead atoms. The lowest BCUT2D eigenvalue weighted by molar-refractivity contribution is 0.0927. The third-order valence-electron chi connectivity index (χ3n) is 5.54.